The number of anilines is 1. The average molecular weight is 314 g/mol. The summed E-state index contributed by atoms with van der Waals surface area (Å²) in [4.78, 5) is 24.6. The smallest absolute Gasteiger partial charge is 0.152 e. The van der Waals surface area contributed by atoms with Crippen molar-refractivity contribution in [3.63, 3.8) is 0 Å². The molecule has 2 aromatic rings. The average Bonchev–Trinajstić information content (AvgIpc) is 3.36. The summed E-state index contributed by atoms with van der Waals surface area (Å²) in [6.07, 6.45) is 6.34. The van der Waals surface area contributed by atoms with Gasteiger partial charge in [0.05, 0.1) is 5.69 Å². The van der Waals surface area contributed by atoms with Gasteiger partial charge in [-0.25, -0.2) is 4.39 Å². The SMILES string of the molecule is O=Cc1ccc(N2CCN(CCF)C3(CC3)C2)c2nccnc12. The number of hydrogen-bond donors (Lipinski definition) is 0. The molecular formula is C17H19FN4O. The van der Waals surface area contributed by atoms with Crippen LogP contribution in [0.3, 0.4) is 0 Å². The van der Waals surface area contributed by atoms with E-state index in [-0.39, 0.29) is 12.2 Å². The molecule has 5 nitrogen and oxygen atoms in total. The highest BCUT2D eigenvalue weighted by Crippen LogP contribution is 2.45. The van der Waals surface area contributed by atoms with E-state index in [2.05, 4.69) is 19.8 Å². The van der Waals surface area contributed by atoms with Gasteiger partial charge in [-0.3, -0.25) is 19.7 Å². The lowest BCUT2D eigenvalue weighted by atomic mass is 10.1. The molecule has 2 aliphatic rings. The normalized spacial score (nSPS) is 20.1. The molecule has 0 N–H and O–H groups in total. The third kappa shape index (κ3) is 2.37. The highest BCUT2D eigenvalue weighted by atomic mass is 19.1. The molecule has 1 saturated carbocycles. The molecule has 0 bridgehead atoms. The van der Waals surface area contributed by atoms with Crippen LogP contribution in [0, 0.1) is 0 Å². The van der Waals surface area contributed by atoms with Gasteiger partial charge >= 0.3 is 0 Å². The van der Waals surface area contributed by atoms with Crippen LogP contribution in [0.4, 0.5) is 10.1 Å². The van der Waals surface area contributed by atoms with E-state index in [0.717, 1.165) is 50.0 Å². The fourth-order valence-corrected chi connectivity index (χ4v) is 3.70. The molecule has 1 aliphatic heterocycles. The molecule has 6 heteroatoms. The Hall–Kier alpha value is -2.08. The molecule has 1 spiro atoms. The predicted octanol–water partition coefficient (Wildman–Crippen LogP) is 2.07. The molecule has 2 heterocycles. The van der Waals surface area contributed by atoms with Gasteiger partial charge in [0.2, 0.25) is 0 Å². The molecule has 0 atom stereocenters. The second-order valence-corrected chi connectivity index (χ2v) is 6.37. The van der Waals surface area contributed by atoms with Crippen LogP contribution < -0.4 is 4.90 Å². The number of carbonyl (C=O) groups is 1. The van der Waals surface area contributed by atoms with Crippen LogP contribution in [0.2, 0.25) is 0 Å². The van der Waals surface area contributed by atoms with Crippen molar-refractivity contribution in [1.82, 2.24) is 14.9 Å². The number of rotatable bonds is 4. The second-order valence-electron chi connectivity index (χ2n) is 6.37. The number of benzene rings is 1. The molecule has 1 aromatic carbocycles. The molecule has 2 fully saturated rings. The Morgan fingerprint density at radius 1 is 1.17 bits per heavy atom. The second kappa shape index (κ2) is 5.53. The van der Waals surface area contributed by atoms with Crippen molar-refractivity contribution < 1.29 is 9.18 Å². The first-order chi connectivity index (χ1) is 11.3. The first-order valence-corrected chi connectivity index (χ1v) is 8.02. The van der Waals surface area contributed by atoms with Crippen molar-refractivity contribution in [1.29, 1.82) is 0 Å². The number of aldehydes is 1. The largest absolute Gasteiger partial charge is 0.367 e. The number of carbonyl (C=O) groups excluding carboxylic acids is 1. The highest BCUT2D eigenvalue weighted by molar-refractivity contribution is 5.99. The molecule has 1 aliphatic carbocycles. The van der Waals surface area contributed by atoms with Crippen molar-refractivity contribution in [2.75, 3.05) is 37.8 Å². The van der Waals surface area contributed by atoms with E-state index < -0.39 is 0 Å². The summed E-state index contributed by atoms with van der Waals surface area (Å²) in [6.45, 7) is 2.83. The van der Waals surface area contributed by atoms with Crippen molar-refractivity contribution in [3.05, 3.63) is 30.1 Å². The van der Waals surface area contributed by atoms with Gasteiger partial charge in [-0.15, -0.1) is 0 Å². The van der Waals surface area contributed by atoms with Gasteiger partial charge in [-0.2, -0.15) is 0 Å². The summed E-state index contributed by atoms with van der Waals surface area (Å²) in [5.74, 6) is 0. The van der Waals surface area contributed by atoms with Crippen molar-refractivity contribution >= 4 is 23.0 Å². The minimum Gasteiger partial charge on any atom is -0.367 e. The Labute approximate surface area is 134 Å². The Bertz CT molecular complexity index is 746. The lowest BCUT2D eigenvalue weighted by Crippen LogP contribution is -2.55. The molecule has 1 saturated heterocycles. The number of alkyl halides is 1. The minimum absolute atomic E-state index is 0.127. The Morgan fingerprint density at radius 2 is 1.96 bits per heavy atom. The summed E-state index contributed by atoms with van der Waals surface area (Å²) in [7, 11) is 0. The van der Waals surface area contributed by atoms with Gasteiger partial charge in [0.25, 0.3) is 0 Å². The topological polar surface area (TPSA) is 49.3 Å². The first kappa shape index (κ1) is 14.5. The molecule has 4 rings (SSSR count). The van der Waals surface area contributed by atoms with Crippen LogP contribution in [0.5, 0.6) is 0 Å². The molecule has 23 heavy (non-hydrogen) atoms. The summed E-state index contributed by atoms with van der Waals surface area (Å²) >= 11 is 0. The Balaban J connectivity index is 1.70. The standard InChI is InChI=1S/C17H19FN4O/c18-5-8-22-10-9-21(12-17(22)3-4-17)14-2-1-13(11-23)15-16(14)20-7-6-19-15/h1-2,6-7,11H,3-5,8-10,12H2. The summed E-state index contributed by atoms with van der Waals surface area (Å²) < 4.78 is 12.8. The minimum atomic E-state index is -0.288. The molecule has 0 radical (unpaired) electrons. The van der Waals surface area contributed by atoms with E-state index in [9.17, 15) is 9.18 Å². The lowest BCUT2D eigenvalue weighted by Gasteiger charge is -2.43. The number of halogens is 1. The third-order valence-electron chi connectivity index (χ3n) is 5.08. The Kier molecular flexibility index (Phi) is 3.49. The quantitative estimate of drug-likeness (QED) is 0.809. The van der Waals surface area contributed by atoms with E-state index in [1.807, 2.05) is 12.1 Å². The zero-order valence-corrected chi connectivity index (χ0v) is 12.9. The predicted molar refractivity (Wildman–Crippen MR) is 86.7 cm³/mol. The summed E-state index contributed by atoms with van der Waals surface area (Å²) in [6, 6.07) is 3.77. The number of piperazine rings is 1. The maximum atomic E-state index is 12.8. The van der Waals surface area contributed by atoms with Gasteiger partial charge in [0, 0.05) is 49.7 Å². The molecule has 0 unspecified atom stereocenters. The van der Waals surface area contributed by atoms with Crippen LogP contribution in [0.1, 0.15) is 23.2 Å². The zero-order valence-electron chi connectivity index (χ0n) is 12.9. The van der Waals surface area contributed by atoms with E-state index >= 15 is 0 Å². The molecular weight excluding hydrogens is 295 g/mol. The number of fused-ring (bicyclic) bond motifs is 1. The third-order valence-corrected chi connectivity index (χ3v) is 5.08. The fourth-order valence-electron chi connectivity index (χ4n) is 3.70. The van der Waals surface area contributed by atoms with Crippen LogP contribution in [-0.2, 0) is 0 Å². The highest BCUT2D eigenvalue weighted by Gasteiger charge is 2.51. The summed E-state index contributed by atoms with van der Waals surface area (Å²) in [5.41, 5.74) is 3.13. The van der Waals surface area contributed by atoms with Crippen LogP contribution >= 0.6 is 0 Å². The van der Waals surface area contributed by atoms with Gasteiger partial charge in [-0.05, 0) is 25.0 Å². The Morgan fingerprint density at radius 3 is 2.65 bits per heavy atom. The maximum Gasteiger partial charge on any atom is 0.152 e. The zero-order chi connectivity index (χ0) is 15.9. The van der Waals surface area contributed by atoms with Gasteiger partial charge < -0.3 is 4.90 Å². The van der Waals surface area contributed by atoms with Gasteiger partial charge in [0.15, 0.2) is 6.29 Å². The number of nitrogens with zero attached hydrogens (tertiary/aromatic N) is 4. The van der Waals surface area contributed by atoms with Crippen LogP contribution in [-0.4, -0.2) is 59.5 Å². The number of aromatic nitrogens is 2. The van der Waals surface area contributed by atoms with Gasteiger partial charge in [-0.1, -0.05) is 0 Å². The van der Waals surface area contributed by atoms with Gasteiger partial charge in [0.1, 0.15) is 17.7 Å². The molecule has 1 aromatic heterocycles. The fraction of sp³-hybridized carbons (Fsp3) is 0.471. The maximum absolute atomic E-state index is 12.8. The van der Waals surface area contributed by atoms with E-state index in [1.54, 1.807) is 12.4 Å². The van der Waals surface area contributed by atoms with E-state index in [1.165, 1.54) is 0 Å². The number of hydrogen-bond acceptors (Lipinski definition) is 5. The lowest BCUT2D eigenvalue weighted by molar-refractivity contribution is 0.112. The van der Waals surface area contributed by atoms with Crippen molar-refractivity contribution in [2.24, 2.45) is 0 Å². The molecule has 0 amide bonds. The van der Waals surface area contributed by atoms with Crippen molar-refractivity contribution in [2.45, 2.75) is 18.4 Å². The monoisotopic (exact) mass is 314 g/mol. The first-order valence-electron chi connectivity index (χ1n) is 8.02. The van der Waals surface area contributed by atoms with E-state index in [4.69, 9.17) is 0 Å². The summed E-state index contributed by atoms with van der Waals surface area (Å²) in [5, 5.41) is 0. The molecule has 120 valence electrons. The van der Waals surface area contributed by atoms with E-state index in [0.29, 0.717) is 17.6 Å². The van der Waals surface area contributed by atoms with Crippen LogP contribution in [0.15, 0.2) is 24.5 Å². The van der Waals surface area contributed by atoms with Crippen molar-refractivity contribution in [3.8, 4) is 0 Å². The van der Waals surface area contributed by atoms with Crippen LogP contribution in [0.25, 0.3) is 11.0 Å².